The Morgan fingerprint density at radius 3 is 2.75 bits per heavy atom. The van der Waals surface area contributed by atoms with Crippen LogP contribution in [-0.4, -0.2) is 21.2 Å². The fourth-order valence-electron chi connectivity index (χ4n) is 3.04. The maximum Gasteiger partial charge on any atom is 0.416 e. The van der Waals surface area contributed by atoms with E-state index in [2.05, 4.69) is 20.7 Å². The van der Waals surface area contributed by atoms with Crippen molar-refractivity contribution in [3.8, 4) is 0 Å². The van der Waals surface area contributed by atoms with Crippen molar-refractivity contribution in [3.63, 3.8) is 0 Å². The second kappa shape index (κ2) is 6.94. The third kappa shape index (κ3) is 3.35. The molecule has 0 saturated heterocycles. The van der Waals surface area contributed by atoms with Gasteiger partial charge in [-0.15, -0.1) is 0 Å². The lowest BCUT2D eigenvalue weighted by atomic mass is 10.2. The normalized spacial score (nSPS) is 12.0. The van der Waals surface area contributed by atoms with E-state index in [-0.39, 0.29) is 5.52 Å². The average molecular weight is 408 g/mol. The van der Waals surface area contributed by atoms with Crippen LogP contribution in [-0.2, 0) is 6.18 Å². The van der Waals surface area contributed by atoms with E-state index in [0.717, 1.165) is 35.1 Å². The summed E-state index contributed by atoms with van der Waals surface area (Å²) in [5, 5.41) is 4.64. The number of aromatic amines is 1. The fourth-order valence-corrected chi connectivity index (χ4v) is 3.21. The zero-order valence-electron chi connectivity index (χ0n) is 14.9. The van der Waals surface area contributed by atoms with Gasteiger partial charge >= 0.3 is 6.18 Å². The van der Waals surface area contributed by atoms with E-state index in [1.165, 1.54) is 6.07 Å². The van der Waals surface area contributed by atoms with E-state index in [9.17, 15) is 13.2 Å². The molecular formula is C19H17ClF3N5. The van der Waals surface area contributed by atoms with Crippen molar-refractivity contribution >= 4 is 45.2 Å². The van der Waals surface area contributed by atoms with Crippen molar-refractivity contribution in [2.75, 3.05) is 17.3 Å². The maximum absolute atomic E-state index is 13.1. The highest BCUT2D eigenvalue weighted by Gasteiger charge is 2.31. The summed E-state index contributed by atoms with van der Waals surface area (Å²) in [5.74, 6) is 0.392. The second-order valence-electron chi connectivity index (χ2n) is 6.40. The number of nitrogens with one attached hydrogen (secondary N) is 3. The van der Waals surface area contributed by atoms with Crippen molar-refractivity contribution in [2.24, 2.45) is 0 Å². The Balaban J connectivity index is 1.80. The molecule has 2 aromatic heterocycles. The molecule has 0 atom stereocenters. The molecule has 0 radical (unpaired) electrons. The smallest absolute Gasteiger partial charge is 0.359 e. The number of benzene rings is 2. The topological polar surface area (TPSA) is 57.7 Å². The molecule has 0 amide bonds. The molecule has 0 aliphatic carbocycles. The van der Waals surface area contributed by atoms with Crippen molar-refractivity contribution in [1.82, 2.24) is 14.6 Å². The van der Waals surface area contributed by atoms with E-state index in [1.807, 2.05) is 19.1 Å². The number of H-pyrrole nitrogens is 1. The molecule has 0 aliphatic rings. The number of imidazole rings is 1. The SMILES string of the molecule is CCCNn1c(Nc2c[nH]c3ccc(Cl)cc23)nc2cc(C(F)(F)F)ccc21. The molecule has 28 heavy (non-hydrogen) atoms. The van der Waals surface area contributed by atoms with Crippen molar-refractivity contribution in [2.45, 2.75) is 19.5 Å². The number of rotatable bonds is 5. The Labute approximate surface area is 163 Å². The van der Waals surface area contributed by atoms with Gasteiger partial charge in [-0.05, 0) is 42.8 Å². The molecule has 4 rings (SSSR count). The van der Waals surface area contributed by atoms with Crippen LogP contribution >= 0.6 is 11.6 Å². The zero-order chi connectivity index (χ0) is 19.9. The van der Waals surface area contributed by atoms with Crippen LogP contribution < -0.4 is 10.7 Å². The molecule has 3 N–H and O–H groups in total. The summed E-state index contributed by atoms with van der Waals surface area (Å²) >= 11 is 6.09. The Kier molecular flexibility index (Phi) is 4.58. The van der Waals surface area contributed by atoms with Gasteiger partial charge in [0.15, 0.2) is 0 Å². The number of aromatic nitrogens is 3. The predicted molar refractivity (Wildman–Crippen MR) is 106 cm³/mol. The zero-order valence-corrected chi connectivity index (χ0v) is 15.6. The highest BCUT2D eigenvalue weighted by molar-refractivity contribution is 6.31. The highest BCUT2D eigenvalue weighted by Crippen LogP contribution is 2.33. The highest BCUT2D eigenvalue weighted by atomic mass is 35.5. The summed E-state index contributed by atoms with van der Waals surface area (Å²) in [7, 11) is 0. The van der Waals surface area contributed by atoms with Gasteiger partial charge in [-0.1, -0.05) is 18.5 Å². The summed E-state index contributed by atoms with van der Waals surface area (Å²) in [6.45, 7) is 2.64. The van der Waals surface area contributed by atoms with Crippen LogP contribution in [0.3, 0.4) is 0 Å². The molecule has 4 aromatic rings. The summed E-state index contributed by atoms with van der Waals surface area (Å²) in [4.78, 5) is 7.52. The van der Waals surface area contributed by atoms with Gasteiger partial charge in [-0.2, -0.15) is 13.2 Å². The lowest BCUT2D eigenvalue weighted by molar-refractivity contribution is -0.137. The quantitative estimate of drug-likeness (QED) is 0.387. The minimum absolute atomic E-state index is 0.249. The standard InChI is InChI=1S/C19H17ClF3N5/c1-2-7-25-28-17-6-3-11(19(21,22)23)8-15(17)26-18(28)27-16-10-24-14-5-4-12(20)9-13(14)16/h3-6,8-10,24-25H,2,7H2,1H3,(H,26,27). The van der Waals surface area contributed by atoms with E-state index >= 15 is 0 Å². The fraction of sp³-hybridized carbons (Fsp3) is 0.211. The number of fused-ring (bicyclic) bond motifs is 2. The van der Waals surface area contributed by atoms with Crippen LogP contribution in [0.1, 0.15) is 18.9 Å². The van der Waals surface area contributed by atoms with Crippen LogP contribution in [0.5, 0.6) is 0 Å². The molecule has 0 spiro atoms. The monoisotopic (exact) mass is 407 g/mol. The molecule has 0 bridgehead atoms. The maximum atomic E-state index is 13.1. The third-order valence-corrected chi connectivity index (χ3v) is 4.63. The first kappa shape index (κ1) is 18.5. The molecular weight excluding hydrogens is 391 g/mol. The summed E-state index contributed by atoms with van der Waals surface area (Å²) in [5.41, 5.74) is 4.88. The average Bonchev–Trinajstić information content (AvgIpc) is 3.20. The van der Waals surface area contributed by atoms with Crippen LogP contribution in [0.2, 0.25) is 5.02 Å². The van der Waals surface area contributed by atoms with Gasteiger partial charge in [-0.3, -0.25) is 0 Å². The number of nitrogens with zero attached hydrogens (tertiary/aromatic N) is 2. The Hall–Kier alpha value is -2.87. The van der Waals surface area contributed by atoms with Gasteiger partial charge in [0.25, 0.3) is 0 Å². The Bertz CT molecular complexity index is 1150. The number of halogens is 4. The number of hydrogen-bond acceptors (Lipinski definition) is 3. The lowest BCUT2D eigenvalue weighted by Gasteiger charge is -2.12. The molecule has 146 valence electrons. The third-order valence-electron chi connectivity index (χ3n) is 4.39. The van der Waals surface area contributed by atoms with E-state index in [4.69, 9.17) is 11.6 Å². The Morgan fingerprint density at radius 1 is 1.18 bits per heavy atom. The molecule has 9 heteroatoms. The van der Waals surface area contributed by atoms with E-state index in [0.29, 0.717) is 23.0 Å². The van der Waals surface area contributed by atoms with Gasteiger partial charge in [0.1, 0.15) is 0 Å². The summed E-state index contributed by atoms with van der Waals surface area (Å²) in [6.07, 6.45) is -1.80. The van der Waals surface area contributed by atoms with Crippen molar-refractivity contribution in [1.29, 1.82) is 0 Å². The molecule has 2 heterocycles. The molecule has 2 aromatic carbocycles. The lowest BCUT2D eigenvalue weighted by Crippen LogP contribution is -2.17. The number of anilines is 2. The van der Waals surface area contributed by atoms with Crippen molar-refractivity contribution < 1.29 is 13.2 Å². The van der Waals surface area contributed by atoms with Crippen LogP contribution in [0.4, 0.5) is 24.8 Å². The first-order chi connectivity index (χ1) is 13.4. The van der Waals surface area contributed by atoms with Gasteiger partial charge in [0.05, 0.1) is 22.3 Å². The largest absolute Gasteiger partial charge is 0.416 e. The molecule has 5 nitrogen and oxygen atoms in total. The van der Waals surface area contributed by atoms with Crippen LogP contribution in [0.15, 0.2) is 42.6 Å². The van der Waals surface area contributed by atoms with Gasteiger partial charge < -0.3 is 15.7 Å². The van der Waals surface area contributed by atoms with Crippen molar-refractivity contribution in [3.05, 3.63) is 53.2 Å². The molecule has 0 saturated carbocycles. The van der Waals surface area contributed by atoms with Gasteiger partial charge in [-0.25, -0.2) is 9.66 Å². The van der Waals surface area contributed by atoms with E-state index < -0.39 is 11.7 Å². The van der Waals surface area contributed by atoms with Crippen LogP contribution in [0.25, 0.3) is 21.9 Å². The number of hydrogen-bond donors (Lipinski definition) is 3. The van der Waals surface area contributed by atoms with Gasteiger partial charge in [0.2, 0.25) is 5.95 Å². The summed E-state index contributed by atoms with van der Waals surface area (Å²) < 4.78 is 40.9. The van der Waals surface area contributed by atoms with Gasteiger partial charge in [0, 0.05) is 28.7 Å². The minimum atomic E-state index is -4.42. The first-order valence-corrected chi connectivity index (χ1v) is 9.12. The first-order valence-electron chi connectivity index (χ1n) is 8.74. The molecule has 0 aliphatic heterocycles. The summed E-state index contributed by atoms with van der Waals surface area (Å²) in [6, 6.07) is 8.98. The Morgan fingerprint density at radius 2 is 2.00 bits per heavy atom. The second-order valence-corrected chi connectivity index (χ2v) is 6.83. The van der Waals surface area contributed by atoms with E-state index in [1.54, 1.807) is 16.9 Å². The number of alkyl halides is 3. The minimum Gasteiger partial charge on any atom is -0.359 e. The molecule has 0 fully saturated rings. The van der Waals surface area contributed by atoms with Crippen LogP contribution in [0, 0.1) is 0 Å². The predicted octanol–water partition coefficient (Wildman–Crippen LogP) is 5.89. The molecule has 0 unspecified atom stereocenters.